The number of hydrogen-bond acceptors (Lipinski definition) is 2. The fourth-order valence-electron chi connectivity index (χ4n) is 2.00. The Balaban J connectivity index is 2.59. The molecule has 1 rings (SSSR count). The van der Waals surface area contributed by atoms with Crippen LogP contribution in [-0.2, 0) is 9.59 Å². The summed E-state index contributed by atoms with van der Waals surface area (Å²) in [4.78, 5) is 24.4. The van der Waals surface area contributed by atoms with Gasteiger partial charge in [-0.1, -0.05) is 45.8 Å². The maximum atomic E-state index is 11.5. The Bertz CT molecular complexity index is 315. The Morgan fingerprint density at radius 3 is 2.29 bits per heavy atom. The number of hydrogen-bond donors (Lipinski definition) is 0. The van der Waals surface area contributed by atoms with E-state index in [4.69, 9.17) is 0 Å². The molecule has 0 N–H and O–H groups in total. The van der Waals surface area contributed by atoms with Crippen molar-refractivity contribution in [3.8, 4) is 0 Å². The SMILES string of the molecule is C=C(CN1C(=O)CCC1=O)C(C)(C)CCCC. The van der Waals surface area contributed by atoms with Gasteiger partial charge in [-0.2, -0.15) is 0 Å². The number of rotatable bonds is 6. The van der Waals surface area contributed by atoms with Crippen LogP contribution in [0.5, 0.6) is 0 Å². The predicted octanol–water partition coefficient (Wildman–Crippen LogP) is 2.91. The van der Waals surface area contributed by atoms with Gasteiger partial charge in [0, 0.05) is 19.4 Å². The van der Waals surface area contributed by atoms with Crippen LogP contribution in [0.4, 0.5) is 0 Å². The van der Waals surface area contributed by atoms with Crippen molar-refractivity contribution in [3.63, 3.8) is 0 Å². The van der Waals surface area contributed by atoms with E-state index in [1.54, 1.807) is 0 Å². The van der Waals surface area contributed by atoms with E-state index in [9.17, 15) is 9.59 Å². The van der Waals surface area contributed by atoms with E-state index < -0.39 is 0 Å². The lowest BCUT2D eigenvalue weighted by molar-refractivity contribution is -0.137. The van der Waals surface area contributed by atoms with E-state index in [0.717, 1.165) is 24.8 Å². The molecule has 0 aromatic heterocycles. The van der Waals surface area contributed by atoms with Crippen LogP contribution in [0.15, 0.2) is 12.2 Å². The fraction of sp³-hybridized carbons (Fsp3) is 0.714. The Morgan fingerprint density at radius 2 is 1.82 bits per heavy atom. The zero-order valence-electron chi connectivity index (χ0n) is 11.2. The quantitative estimate of drug-likeness (QED) is 0.526. The van der Waals surface area contributed by atoms with Crippen molar-refractivity contribution in [2.45, 2.75) is 52.9 Å². The minimum absolute atomic E-state index is 0.000833. The third-order valence-corrected chi connectivity index (χ3v) is 3.62. The molecule has 0 radical (unpaired) electrons. The van der Waals surface area contributed by atoms with Crippen molar-refractivity contribution in [2.24, 2.45) is 5.41 Å². The summed E-state index contributed by atoms with van der Waals surface area (Å²) >= 11 is 0. The van der Waals surface area contributed by atoms with E-state index in [0.29, 0.717) is 19.4 Å². The molecule has 0 aromatic carbocycles. The molecule has 2 amide bonds. The minimum atomic E-state index is -0.0533. The van der Waals surface area contributed by atoms with Crippen LogP contribution < -0.4 is 0 Å². The smallest absolute Gasteiger partial charge is 0.229 e. The molecule has 1 saturated heterocycles. The second-order valence-electron chi connectivity index (χ2n) is 5.46. The highest BCUT2D eigenvalue weighted by Gasteiger charge is 2.32. The van der Waals surface area contributed by atoms with Gasteiger partial charge in [-0.3, -0.25) is 14.5 Å². The minimum Gasteiger partial charge on any atom is -0.278 e. The van der Waals surface area contributed by atoms with E-state index in [-0.39, 0.29) is 17.2 Å². The van der Waals surface area contributed by atoms with Gasteiger partial charge in [-0.25, -0.2) is 0 Å². The molecule has 1 heterocycles. The van der Waals surface area contributed by atoms with Gasteiger partial charge >= 0.3 is 0 Å². The summed E-state index contributed by atoms with van der Waals surface area (Å²) in [6.45, 7) is 10.9. The molecule has 0 atom stereocenters. The number of nitrogens with zero attached hydrogens (tertiary/aromatic N) is 1. The molecule has 1 aliphatic rings. The van der Waals surface area contributed by atoms with Crippen molar-refractivity contribution in [1.29, 1.82) is 0 Å². The number of carbonyl (C=O) groups is 2. The molecule has 96 valence electrons. The zero-order valence-corrected chi connectivity index (χ0v) is 11.2. The van der Waals surface area contributed by atoms with Gasteiger partial charge in [0.15, 0.2) is 0 Å². The van der Waals surface area contributed by atoms with Crippen LogP contribution in [-0.4, -0.2) is 23.3 Å². The zero-order chi connectivity index (χ0) is 13.1. The molecule has 0 aromatic rings. The lowest BCUT2D eigenvalue weighted by atomic mass is 9.80. The highest BCUT2D eigenvalue weighted by molar-refractivity contribution is 6.02. The van der Waals surface area contributed by atoms with E-state index >= 15 is 0 Å². The van der Waals surface area contributed by atoms with E-state index in [1.807, 2.05) is 0 Å². The molecule has 17 heavy (non-hydrogen) atoms. The molecular weight excluding hydrogens is 214 g/mol. The third-order valence-electron chi connectivity index (χ3n) is 3.62. The Hall–Kier alpha value is -1.12. The van der Waals surface area contributed by atoms with Crippen molar-refractivity contribution in [3.05, 3.63) is 12.2 Å². The number of carbonyl (C=O) groups excluding carboxylic acids is 2. The van der Waals surface area contributed by atoms with Crippen molar-refractivity contribution < 1.29 is 9.59 Å². The molecule has 0 aliphatic carbocycles. The maximum absolute atomic E-state index is 11.5. The summed E-state index contributed by atoms with van der Waals surface area (Å²) in [5.41, 5.74) is 0.980. The first-order chi connectivity index (χ1) is 7.88. The van der Waals surface area contributed by atoms with Gasteiger partial charge in [0.2, 0.25) is 11.8 Å². The molecule has 3 nitrogen and oxygen atoms in total. The summed E-state index contributed by atoms with van der Waals surface area (Å²) < 4.78 is 0. The van der Waals surface area contributed by atoms with Crippen molar-refractivity contribution in [2.75, 3.05) is 6.54 Å². The predicted molar refractivity (Wildman–Crippen MR) is 68.4 cm³/mol. The van der Waals surface area contributed by atoms with Gasteiger partial charge < -0.3 is 0 Å². The normalized spacial score (nSPS) is 16.8. The summed E-state index contributed by atoms with van der Waals surface area (Å²) in [5.74, 6) is -0.107. The molecule has 0 spiro atoms. The van der Waals surface area contributed by atoms with Gasteiger partial charge in [-0.15, -0.1) is 0 Å². The standard InChI is InChI=1S/C14H23NO2/c1-5-6-9-14(3,4)11(2)10-15-12(16)7-8-13(15)17/h2,5-10H2,1,3-4H3. The molecule has 0 saturated carbocycles. The topological polar surface area (TPSA) is 37.4 Å². The van der Waals surface area contributed by atoms with Gasteiger partial charge in [0.05, 0.1) is 0 Å². The number of likely N-dealkylation sites (tertiary alicyclic amines) is 1. The first-order valence-electron chi connectivity index (χ1n) is 6.40. The highest BCUT2D eigenvalue weighted by atomic mass is 16.2. The third kappa shape index (κ3) is 3.42. The average Bonchev–Trinajstić information content (AvgIpc) is 2.58. The largest absolute Gasteiger partial charge is 0.278 e. The molecular formula is C14H23NO2. The van der Waals surface area contributed by atoms with Gasteiger partial charge in [0.25, 0.3) is 0 Å². The molecule has 1 fully saturated rings. The molecule has 3 heteroatoms. The van der Waals surface area contributed by atoms with Crippen LogP contribution in [0.3, 0.4) is 0 Å². The number of amides is 2. The monoisotopic (exact) mass is 237 g/mol. The number of imide groups is 1. The lowest BCUT2D eigenvalue weighted by Gasteiger charge is -2.29. The van der Waals surface area contributed by atoms with Crippen molar-refractivity contribution >= 4 is 11.8 Å². The van der Waals surface area contributed by atoms with Crippen molar-refractivity contribution in [1.82, 2.24) is 4.90 Å². The second-order valence-corrected chi connectivity index (χ2v) is 5.46. The first kappa shape index (κ1) is 13.9. The van der Waals surface area contributed by atoms with Crippen LogP contribution in [0.2, 0.25) is 0 Å². The van der Waals surface area contributed by atoms with Crippen LogP contribution in [0, 0.1) is 5.41 Å². The molecule has 0 bridgehead atoms. The molecule has 1 aliphatic heterocycles. The molecule has 0 unspecified atom stereocenters. The maximum Gasteiger partial charge on any atom is 0.229 e. The fourth-order valence-corrected chi connectivity index (χ4v) is 2.00. The van der Waals surface area contributed by atoms with Gasteiger partial charge in [0.1, 0.15) is 0 Å². The second kappa shape index (κ2) is 5.48. The Morgan fingerprint density at radius 1 is 1.29 bits per heavy atom. The van der Waals surface area contributed by atoms with E-state index in [1.165, 1.54) is 4.90 Å². The lowest BCUT2D eigenvalue weighted by Crippen LogP contribution is -2.34. The summed E-state index contributed by atoms with van der Waals surface area (Å²) in [6, 6.07) is 0. The summed E-state index contributed by atoms with van der Waals surface area (Å²) in [6.07, 6.45) is 4.08. The Kier molecular flexibility index (Phi) is 4.49. The van der Waals surface area contributed by atoms with Crippen LogP contribution in [0.25, 0.3) is 0 Å². The highest BCUT2D eigenvalue weighted by Crippen LogP contribution is 2.32. The summed E-state index contributed by atoms with van der Waals surface area (Å²) in [5, 5.41) is 0. The Labute approximate surface area is 104 Å². The number of unbranched alkanes of at least 4 members (excludes halogenated alkanes) is 1. The van der Waals surface area contributed by atoms with Gasteiger partial charge in [-0.05, 0) is 11.8 Å². The van der Waals surface area contributed by atoms with Crippen LogP contribution >= 0.6 is 0 Å². The summed E-state index contributed by atoms with van der Waals surface area (Å²) in [7, 11) is 0. The average molecular weight is 237 g/mol. The van der Waals surface area contributed by atoms with E-state index in [2.05, 4.69) is 27.4 Å². The van der Waals surface area contributed by atoms with Crippen LogP contribution in [0.1, 0.15) is 52.9 Å². The first-order valence-corrected chi connectivity index (χ1v) is 6.40.